The molecule has 0 saturated carbocycles. The van der Waals surface area contributed by atoms with Crippen molar-refractivity contribution in [3.63, 3.8) is 0 Å². The fourth-order valence-corrected chi connectivity index (χ4v) is 1.62. The Morgan fingerprint density at radius 2 is 1.93 bits per heavy atom. The number of benzene rings is 1. The van der Waals surface area contributed by atoms with Gasteiger partial charge in [0.1, 0.15) is 11.5 Å². The Hall–Kier alpha value is -1.64. The molecule has 0 unspecified atom stereocenters. The SMILES string of the molecule is COc1ccc2c(c1)c(OC)cn2C. The minimum Gasteiger partial charge on any atom is -0.497 e. The Bertz CT molecular complexity index is 460. The second-order valence-corrected chi connectivity index (χ2v) is 3.19. The molecule has 0 amide bonds. The smallest absolute Gasteiger partial charge is 0.144 e. The van der Waals surface area contributed by atoms with Gasteiger partial charge in [-0.1, -0.05) is 0 Å². The average molecular weight is 191 g/mol. The number of methoxy groups -OCH3 is 2. The van der Waals surface area contributed by atoms with Crippen LogP contribution in [0.4, 0.5) is 0 Å². The van der Waals surface area contributed by atoms with Crippen molar-refractivity contribution in [2.75, 3.05) is 14.2 Å². The second kappa shape index (κ2) is 3.25. The van der Waals surface area contributed by atoms with Crippen LogP contribution in [0.1, 0.15) is 0 Å². The van der Waals surface area contributed by atoms with Gasteiger partial charge in [0.15, 0.2) is 0 Å². The third kappa shape index (κ3) is 1.21. The first kappa shape index (κ1) is 8.94. The van der Waals surface area contributed by atoms with Gasteiger partial charge in [0.2, 0.25) is 0 Å². The highest BCUT2D eigenvalue weighted by Crippen LogP contribution is 2.30. The van der Waals surface area contributed by atoms with Gasteiger partial charge in [-0.2, -0.15) is 0 Å². The molecule has 2 rings (SSSR count). The molecular weight excluding hydrogens is 178 g/mol. The average Bonchev–Trinajstić information content (AvgIpc) is 2.55. The maximum atomic E-state index is 5.27. The predicted octanol–water partition coefficient (Wildman–Crippen LogP) is 2.20. The first-order chi connectivity index (χ1) is 6.76. The maximum Gasteiger partial charge on any atom is 0.144 e. The Balaban J connectivity index is 2.71. The summed E-state index contributed by atoms with van der Waals surface area (Å²) in [6.45, 7) is 0. The lowest BCUT2D eigenvalue weighted by Gasteiger charge is -2.01. The lowest BCUT2D eigenvalue weighted by Crippen LogP contribution is -1.85. The van der Waals surface area contributed by atoms with Crippen molar-refractivity contribution in [2.45, 2.75) is 0 Å². The van der Waals surface area contributed by atoms with E-state index in [1.807, 2.05) is 36.0 Å². The Morgan fingerprint density at radius 3 is 2.57 bits per heavy atom. The Morgan fingerprint density at radius 1 is 1.14 bits per heavy atom. The molecule has 0 N–H and O–H groups in total. The van der Waals surface area contributed by atoms with E-state index in [2.05, 4.69) is 0 Å². The summed E-state index contributed by atoms with van der Waals surface area (Å²) in [5.74, 6) is 1.73. The first-order valence-corrected chi connectivity index (χ1v) is 4.43. The summed E-state index contributed by atoms with van der Waals surface area (Å²) in [6.07, 6.45) is 1.96. The van der Waals surface area contributed by atoms with E-state index in [0.29, 0.717) is 0 Å². The van der Waals surface area contributed by atoms with Gasteiger partial charge < -0.3 is 14.0 Å². The molecule has 1 aromatic carbocycles. The van der Waals surface area contributed by atoms with Crippen molar-refractivity contribution in [1.82, 2.24) is 4.57 Å². The quantitative estimate of drug-likeness (QED) is 0.726. The molecular formula is C11H13NO2. The van der Waals surface area contributed by atoms with Crippen LogP contribution in [0.15, 0.2) is 24.4 Å². The molecule has 3 heteroatoms. The molecule has 0 bridgehead atoms. The van der Waals surface area contributed by atoms with E-state index in [0.717, 1.165) is 22.4 Å². The predicted molar refractivity (Wildman–Crippen MR) is 56.0 cm³/mol. The van der Waals surface area contributed by atoms with Crippen LogP contribution in [-0.4, -0.2) is 18.8 Å². The van der Waals surface area contributed by atoms with Crippen molar-refractivity contribution in [1.29, 1.82) is 0 Å². The van der Waals surface area contributed by atoms with Crippen LogP contribution >= 0.6 is 0 Å². The van der Waals surface area contributed by atoms with E-state index in [-0.39, 0.29) is 0 Å². The van der Waals surface area contributed by atoms with E-state index < -0.39 is 0 Å². The van der Waals surface area contributed by atoms with Gasteiger partial charge in [0, 0.05) is 18.6 Å². The number of aromatic nitrogens is 1. The minimum absolute atomic E-state index is 0.849. The number of nitrogens with zero attached hydrogens (tertiary/aromatic N) is 1. The molecule has 0 spiro atoms. The maximum absolute atomic E-state index is 5.27. The zero-order valence-electron chi connectivity index (χ0n) is 8.57. The highest BCUT2D eigenvalue weighted by molar-refractivity contribution is 5.88. The summed E-state index contributed by atoms with van der Waals surface area (Å²) in [5.41, 5.74) is 1.14. The fraction of sp³-hybridized carbons (Fsp3) is 0.273. The van der Waals surface area contributed by atoms with Gasteiger partial charge in [-0.15, -0.1) is 0 Å². The number of hydrogen-bond acceptors (Lipinski definition) is 2. The number of rotatable bonds is 2. The van der Waals surface area contributed by atoms with E-state index in [1.54, 1.807) is 14.2 Å². The minimum atomic E-state index is 0.849. The second-order valence-electron chi connectivity index (χ2n) is 3.19. The molecule has 0 saturated heterocycles. The van der Waals surface area contributed by atoms with Crippen molar-refractivity contribution in [3.05, 3.63) is 24.4 Å². The third-order valence-electron chi connectivity index (χ3n) is 2.38. The lowest BCUT2D eigenvalue weighted by atomic mass is 10.2. The van der Waals surface area contributed by atoms with Crippen molar-refractivity contribution < 1.29 is 9.47 Å². The van der Waals surface area contributed by atoms with Crippen molar-refractivity contribution in [3.8, 4) is 11.5 Å². The number of hydrogen-bond donors (Lipinski definition) is 0. The van der Waals surface area contributed by atoms with Crippen LogP contribution in [0.2, 0.25) is 0 Å². The Kier molecular flexibility index (Phi) is 2.08. The summed E-state index contributed by atoms with van der Waals surface area (Å²) >= 11 is 0. The van der Waals surface area contributed by atoms with Gasteiger partial charge in [0.05, 0.1) is 19.7 Å². The first-order valence-electron chi connectivity index (χ1n) is 4.43. The van der Waals surface area contributed by atoms with Gasteiger partial charge in [-0.3, -0.25) is 0 Å². The third-order valence-corrected chi connectivity index (χ3v) is 2.38. The number of aryl methyl sites for hydroxylation is 1. The molecule has 0 radical (unpaired) electrons. The van der Waals surface area contributed by atoms with E-state index in [1.165, 1.54) is 0 Å². The lowest BCUT2D eigenvalue weighted by molar-refractivity contribution is 0.412. The summed E-state index contributed by atoms with van der Waals surface area (Å²) in [7, 11) is 5.34. The molecule has 0 atom stereocenters. The van der Waals surface area contributed by atoms with Crippen LogP contribution < -0.4 is 9.47 Å². The molecule has 0 aliphatic rings. The molecule has 2 aromatic rings. The van der Waals surface area contributed by atoms with Crippen LogP contribution in [-0.2, 0) is 7.05 Å². The number of fused-ring (bicyclic) bond motifs is 1. The number of ether oxygens (including phenoxy) is 2. The van der Waals surface area contributed by atoms with Gasteiger partial charge in [-0.25, -0.2) is 0 Å². The molecule has 14 heavy (non-hydrogen) atoms. The van der Waals surface area contributed by atoms with E-state index in [9.17, 15) is 0 Å². The molecule has 1 heterocycles. The van der Waals surface area contributed by atoms with Gasteiger partial charge >= 0.3 is 0 Å². The highest BCUT2D eigenvalue weighted by Gasteiger charge is 2.07. The molecule has 74 valence electrons. The van der Waals surface area contributed by atoms with Crippen LogP contribution in [0.3, 0.4) is 0 Å². The van der Waals surface area contributed by atoms with Crippen molar-refractivity contribution >= 4 is 10.9 Å². The largest absolute Gasteiger partial charge is 0.497 e. The van der Waals surface area contributed by atoms with Crippen molar-refractivity contribution in [2.24, 2.45) is 7.05 Å². The van der Waals surface area contributed by atoms with Gasteiger partial charge in [-0.05, 0) is 18.2 Å². The summed E-state index contributed by atoms with van der Waals surface area (Å²) in [4.78, 5) is 0. The standard InChI is InChI=1S/C11H13NO2/c1-12-7-11(14-3)9-6-8(13-2)4-5-10(9)12/h4-7H,1-3H3. The zero-order chi connectivity index (χ0) is 10.1. The topological polar surface area (TPSA) is 23.4 Å². The fourth-order valence-electron chi connectivity index (χ4n) is 1.62. The van der Waals surface area contributed by atoms with Crippen LogP contribution in [0.5, 0.6) is 11.5 Å². The Labute approximate surface area is 82.9 Å². The van der Waals surface area contributed by atoms with E-state index >= 15 is 0 Å². The summed E-state index contributed by atoms with van der Waals surface area (Å²) in [6, 6.07) is 5.95. The normalized spacial score (nSPS) is 10.5. The molecule has 3 nitrogen and oxygen atoms in total. The molecule has 0 aliphatic heterocycles. The molecule has 0 fully saturated rings. The van der Waals surface area contributed by atoms with Crippen LogP contribution in [0, 0.1) is 0 Å². The summed E-state index contributed by atoms with van der Waals surface area (Å²) < 4.78 is 12.5. The highest BCUT2D eigenvalue weighted by atomic mass is 16.5. The molecule has 1 aromatic heterocycles. The van der Waals surface area contributed by atoms with E-state index in [4.69, 9.17) is 9.47 Å². The summed E-state index contributed by atoms with van der Waals surface area (Å²) in [5, 5.41) is 1.08. The molecule has 0 aliphatic carbocycles. The zero-order valence-corrected chi connectivity index (χ0v) is 8.57. The monoisotopic (exact) mass is 191 g/mol. The van der Waals surface area contributed by atoms with Crippen LogP contribution in [0.25, 0.3) is 10.9 Å². The van der Waals surface area contributed by atoms with Gasteiger partial charge in [0.25, 0.3) is 0 Å².